The van der Waals surface area contributed by atoms with Crippen LogP contribution in [0.25, 0.3) is 22.0 Å². The number of fused-ring (bicyclic) bond motifs is 1. The zero-order chi connectivity index (χ0) is 15.0. The Hall–Kier alpha value is -2.26. The van der Waals surface area contributed by atoms with E-state index in [0.717, 1.165) is 27.6 Å². The number of hydrogen-bond acceptors (Lipinski definition) is 3. The number of nitrogens with zero attached hydrogens (tertiary/aromatic N) is 1. The molecule has 0 saturated heterocycles. The highest BCUT2D eigenvalue weighted by molar-refractivity contribution is 6.36. The van der Waals surface area contributed by atoms with E-state index >= 15 is 0 Å². The van der Waals surface area contributed by atoms with Crippen molar-refractivity contribution in [2.24, 2.45) is 0 Å². The summed E-state index contributed by atoms with van der Waals surface area (Å²) < 4.78 is 5.49. The maximum Gasteiger partial charge on any atom is 0.128 e. The summed E-state index contributed by atoms with van der Waals surface area (Å²) in [5.74, 6) is 0.729. The lowest BCUT2D eigenvalue weighted by Gasteiger charge is -2.14. The standard InChI is InChI=1S/C17H15ClN2O/c1-10-8-14(19)17(20-9-10)16-12-4-3-5-13(18)11(12)6-7-15(16)21-2/h3-9H,19H2,1-2H3. The molecule has 0 aliphatic heterocycles. The molecule has 1 aromatic heterocycles. The van der Waals surface area contributed by atoms with Gasteiger partial charge in [-0.15, -0.1) is 0 Å². The topological polar surface area (TPSA) is 48.1 Å². The van der Waals surface area contributed by atoms with Crippen LogP contribution in [0.1, 0.15) is 5.56 Å². The van der Waals surface area contributed by atoms with Gasteiger partial charge in [0.25, 0.3) is 0 Å². The normalized spacial score (nSPS) is 10.8. The van der Waals surface area contributed by atoms with Gasteiger partial charge in [-0.3, -0.25) is 4.98 Å². The minimum Gasteiger partial charge on any atom is -0.496 e. The summed E-state index contributed by atoms with van der Waals surface area (Å²) in [6.07, 6.45) is 1.80. The van der Waals surface area contributed by atoms with E-state index in [0.29, 0.717) is 16.4 Å². The van der Waals surface area contributed by atoms with E-state index in [1.807, 2.05) is 43.3 Å². The highest BCUT2D eigenvalue weighted by Gasteiger charge is 2.15. The van der Waals surface area contributed by atoms with Crippen LogP contribution in [-0.4, -0.2) is 12.1 Å². The summed E-state index contributed by atoms with van der Waals surface area (Å²) in [5, 5.41) is 2.63. The SMILES string of the molecule is COc1ccc2c(Cl)cccc2c1-c1ncc(C)cc1N. The van der Waals surface area contributed by atoms with E-state index < -0.39 is 0 Å². The fraction of sp³-hybridized carbons (Fsp3) is 0.118. The second-order valence-electron chi connectivity index (χ2n) is 4.93. The molecule has 0 spiro atoms. The molecule has 0 fully saturated rings. The van der Waals surface area contributed by atoms with Gasteiger partial charge in [0.2, 0.25) is 0 Å². The van der Waals surface area contributed by atoms with E-state index in [4.69, 9.17) is 22.1 Å². The van der Waals surface area contributed by atoms with Crippen molar-refractivity contribution >= 4 is 28.1 Å². The zero-order valence-electron chi connectivity index (χ0n) is 11.9. The number of ether oxygens (including phenoxy) is 1. The Morgan fingerprint density at radius 3 is 2.67 bits per heavy atom. The first-order chi connectivity index (χ1) is 10.1. The van der Waals surface area contributed by atoms with Crippen molar-refractivity contribution in [1.29, 1.82) is 0 Å². The predicted molar refractivity (Wildman–Crippen MR) is 87.9 cm³/mol. The third kappa shape index (κ3) is 2.30. The van der Waals surface area contributed by atoms with Crippen molar-refractivity contribution in [3.05, 3.63) is 53.2 Å². The number of pyridine rings is 1. The molecule has 1 heterocycles. The number of methoxy groups -OCH3 is 1. The second kappa shape index (κ2) is 5.26. The van der Waals surface area contributed by atoms with Gasteiger partial charge >= 0.3 is 0 Å². The largest absolute Gasteiger partial charge is 0.496 e. The van der Waals surface area contributed by atoms with Gasteiger partial charge in [-0.1, -0.05) is 23.7 Å². The molecule has 0 radical (unpaired) electrons. The van der Waals surface area contributed by atoms with Gasteiger partial charge in [0.15, 0.2) is 0 Å². The minimum atomic E-state index is 0.626. The Balaban J connectivity index is 2.41. The summed E-state index contributed by atoms with van der Waals surface area (Å²) in [4.78, 5) is 4.49. The molecule has 0 bridgehead atoms. The van der Waals surface area contributed by atoms with Crippen LogP contribution in [0.5, 0.6) is 5.75 Å². The number of aromatic nitrogens is 1. The van der Waals surface area contributed by atoms with Gasteiger partial charge in [-0.05, 0) is 42.1 Å². The lowest BCUT2D eigenvalue weighted by molar-refractivity contribution is 0.417. The van der Waals surface area contributed by atoms with Gasteiger partial charge in [0.1, 0.15) is 5.75 Å². The third-order valence-corrected chi connectivity index (χ3v) is 3.81. The number of halogens is 1. The smallest absolute Gasteiger partial charge is 0.128 e. The molecule has 2 aromatic carbocycles. The molecule has 0 amide bonds. The molecule has 0 atom stereocenters. The molecule has 3 nitrogen and oxygen atoms in total. The van der Waals surface area contributed by atoms with Crippen LogP contribution in [0.4, 0.5) is 5.69 Å². The molecule has 0 aliphatic rings. The van der Waals surface area contributed by atoms with Gasteiger partial charge in [0.05, 0.1) is 24.1 Å². The van der Waals surface area contributed by atoms with Crippen LogP contribution < -0.4 is 10.5 Å². The highest BCUT2D eigenvalue weighted by Crippen LogP contribution is 2.40. The molecule has 4 heteroatoms. The molecule has 2 N–H and O–H groups in total. The summed E-state index contributed by atoms with van der Waals surface area (Å²) in [5.41, 5.74) is 9.39. The predicted octanol–water partition coefficient (Wildman–Crippen LogP) is 4.45. The number of aryl methyl sites for hydroxylation is 1. The van der Waals surface area contributed by atoms with Crippen LogP contribution in [0.2, 0.25) is 5.02 Å². The number of nitrogens with two attached hydrogens (primary N) is 1. The van der Waals surface area contributed by atoms with Crippen molar-refractivity contribution in [2.45, 2.75) is 6.92 Å². The highest BCUT2D eigenvalue weighted by atomic mass is 35.5. The fourth-order valence-corrected chi connectivity index (χ4v) is 2.75. The number of hydrogen-bond donors (Lipinski definition) is 1. The number of nitrogen functional groups attached to an aromatic ring is 1. The monoisotopic (exact) mass is 298 g/mol. The minimum absolute atomic E-state index is 0.626. The molecule has 3 aromatic rings. The van der Waals surface area contributed by atoms with E-state index in [1.54, 1.807) is 13.3 Å². The van der Waals surface area contributed by atoms with E-state index in [-0.39, 0.29) is 0 Å². The summed E-state index contributed by atoms with van der Waals surface area (Å²) in [6.45, 7) is 1.96. The van der Waals surface area contributed by atoms with Crippen molar-refractivity contribution in [2.75, 3.05) is 12.8 Å². The Bertz CT molecular complexity index is 830. The summed E-state index contributed by atoms with van der Waals surface area (Å²) >= 11 is 6.28. The zero-order valence-corrected chi connectivity index (χ0v) is 12.6. The summed E-state index contributed by atoms with van der Waals surface area (Å²) in [6, 6.07) is 11.5. The molecular weight excluding hydrogens is 284 g/mol. The Morgan fingerprint density at radius 2 is 1.95 bits per heavy atom. The van der Waals surface area contributed by atoms with Gasteiger partial charge < -0.3 is 10.5 Å². The first-order valence-electron chi connectivity index (χ1n) is 6.59. The summed E-state index contributed by atoms with van der Waals surface area (Å²) in [7, 11) is 1.64. The van der Waals surface area contributed by atoms with Gasteiger partial charge in [0, 0.05) is 16.6 Å². The van der Waals surface area contributed by atoms with Crippen molar-refractivity contribution in [3.63, 3.8) is 0 Å². The second-order valence-corrected chi connectivity index (χ2v) is 5.34. The van der Waals surface area contributed by atoms with Crippen LogP contribution in [0.3, 0.4) is 0 Å². The van der Waals surface area contributed by atoms with E-state index in [2.05, 4.69) is 4.98 Å². The average Bonchev–Trinajstić information content (AvgIpc) is 2.47. The van der Waals surface area contributed by atoms with Crippen LogP contribution in [0, 0.1) is 6.92 Å². The maximum atomic E-state index is 6.28. The lowest BCUT2D eigenvalue weighted by atomic mass is 9.99. The average molecular weight is 299 g/mol. The molecule has 21 heavy (non-hydrogen) atoms. The van der Waals surface area contributed by atoms with Crippen molar-refractivity contribution < 1.29 is 4.74 Å². The van der Waals surface area contributed by atoms with Gasteiger partial charge in [-0.2, -0.15) is 0 Å². The number of rotatable bonds is 2. The fourth-order valence-electron chi connectivity index (χ4n) is 2.51. The number of anilines is 1. The Labute approximate surface area is 128 Å². The molecule has 3 rings (SSSR count). The molecule has 0 unspecified atom stereocenters. The van der Waals surface area contributed by atoms with Gasteiger partial charge in [-0.25, -0.2) is 0 Å². The molecular formula is C17H15ClN2O. The number of benzene rings is 2. The van der Waals surface area contributed by atoms with Crippen LogP contribution in [0.15, 0.2) is 42.6 Å². The van der Waals surface area contributed by atoms with E-state index in [9.17, 15) is 0 Å². The van der Waals surface area contributed by atoms with Crippen molar-refractivity contribution in [3.8, 4) is 17.0 Å². The lowest BCUT2D eigenvalue weighted by Crippen LogP contribution is -1.97. The van der Waals surface area contributed by atoms with Crippen LogP contribution in [-0.2, 0) is 0 Å². The Morgan fingerprint density at radius 1 is 1.14 bits per heavy atom. The van der Waals surface area contributed by atoms with Crippen molar-refractivity contribution in [1.82, 2.24) is 4.98 Å². The maximum absolute atomic E-state index is 6.28. The first-order valence-corrected chi connectivity index (χ1v) is 6.97. The first kappa shape index (κ1) is 13.7. The van der Waals surface area contributed by atoms with Crippen LogP contribution >= 0.6 is 11.6 Å². The molecule has 0 aliphatic carbocycles. The Kier molecular flexibility index (Phi) is 3.43. The molecule has 106 valence electrons. The third-order valence-electron chi connectivity index (χ3n) is 3.48. The quantitative estimate of drug-likeness (QED) is 0.760. The molecule has 0 saturated carbocycles. The van der Waals surface area contributed by atoms with E-state index in [1.165, 1.54) is 0 Å².